The maximum atomic E-state index is 14.2. The van der Waals surface area contributed by atoms with Crippen LogP contribution in [0.15, 0.2) is 83.8 Å². The van der Waals surface area contributed by atoms with Crippen LogP contribution >= 0.6 is 0 Å². The molecule has 3 aromatic rings. The number of benzene rings is 3. The fourth-order valence-corrected chi connectivity index (χ4v) is 6.94. The second kappa shape index (κ2) is 14.8. The molecule has 1 atom stereocenters. The predicted molar refractivity (Wildman–Crippen MR) is 165 cm³/mol. The first-order chi connectivity index (χ1) is 21.4. The van der Waals surface area contributed by atoms with Crippen molar-refractivity contribution in [2.75, 3.05) is 18.0 Å². The Labute approximate surface area is 262 Å². The first-order valence-electron chi connectivity index (χ1n) is 14.9. The Morgan fingerprint density at radius 2 is 1.64 bits per heavy atom. The van der Waals surface area contributed by atoms with Crippen LogP contribution in [0.4, 0.5) is 18.9 Å². The average Bonchev–Trinajstić information content (AvgIpc) is 3.04. The number of hydrogen-bond acceptors (Lipinski definition) is 5. The Hall–Kier alpha value is -4.06. The molecule has 242 valence electrons. The number of hydrogen-bond donors (Lipinski definition) is 1. The number of anilines is 1. The van der Waals surface area contributed by atoms with Gasteiger partial charge in [0.1, 0.15) is 18.3 Å². The highest BCUT2D eigenvalue weighted by atomic mass is 32.2. The molecule has 45 heavy (non-hydrogen) atoms. The molecule has 1 aliphatic carbocycles. The zero-order valence-electron chi connectivity index (χ0n) is 25.3. The van der Waals surface area contributed by atoms with Gasteiger partial charge in [-0.3, -0.25) is 13.9 Å². The molecule has 1 saturated carbocycles. The number of ether oxygens (including phenoxy) is 1. The van der Waals surface area contributed by atoms with Crippen molar-refractivity contribution in [2.24, 2.45) is 0 Å². The zero-order chi connectivity index (χ0) is 32.6. The van der Waals surface area contributed by atoms with E-state index in [2.05, 4.69) is 5.32 Å². The number of carbonyl (C=O) groups is 2. The van der Waals surface area contributed by atoms with Gasteiger partial charge in [-0.15, -0.1) is 0 Å². The molecule has 0 radical (unpaired) electrons. The molecular weight excluding hydrogens is 607 g/mol. The number of sulfonamides is 1. The smallest absolute Gasteiger partial charge is 0.416 e. The van der Waals surface area contributed by atoms with Gasteiger partial charge < -0.3 is 15.0 Å². The van der Waals surface area contributed by atoms with Gasteiger partial charge in [-0.05, 0) is 67.3 Å². The third-order valence-electron chi connectivity index (χ3n) is 7.90. The van der Waals surface area contributed by atoms with E-state index in [9.17, 15) is 31.2 Å². The molecule has 1 aliphatic rings. The number of alkyl halides is 3. The Balaban J connectivity index is 1.75. The summed E-state index contributed by atoms with van der Waals surface area (Å²) in [5, 5.41) is 3.06. The fraction of sp³-hybridized carbons (Fsp3) is 0.394. The Kier molecular flexibility index (Phi) is 11.1. The summed E-state index contributed by atoms with van der Waals surface area (Å²) in [4.78, 5) is 29.0. The lowest BCUT2D eigenvalue weighted by molar-refractivity contribution is -0.140. The molecule has 1 fully saturated rings. The highest BCUT2D eigenvalue weighted by Crippen LogP contribution is 2.33. The summed E-state index contributed by atoms with van der Waals surface area (Å²) in [7, 11) is -3.01. The topological polar surface area (TPSA) is 96.0 Å². The van der Waals surface area contributed by atoms with Crippen LogP contribution in [0.3, 0.4) is 0 Å². The number of methoxy groups -OCH3 is 1. The van der Waals surface area contributed by atoms with Crippen molar-refractivity contribution in [2.45, 2.75) is 75.1 Å². The molecule has 0 aliphatic heterocycles. The summed E-state index contributed by atoms with van der Waals surface area (Å²) in [5.74, 6) is -0.589. The van der Waals surface area contributed by atoms with E-state index in [-0.39, 0.29) is 35.5 Å². The van der Waals surface area contributed by atoms with Gasteiger partial charge in [0.25, 0.3) is 10.0 Å². The number of rotatable bonds is 12. The summed E-state index contributed by atoms with van der Waals surface area (Å²) in [6.45, 7) is 0.854. The maximum Gasteiger partial charge on any atom is 0.416 e. The van der Waals surface area contributed by atoms with Crippen LogP contribution in [0.1, 0.15) is 56.6 Å². The second-order valence-corrected chi connectivity index (χ2v) is 12.9. The van der Waals surface area contributed by atoms with Crippen LogP contribution < -0.4 is 14.4 Å². The maximum absolute atomic E-state index is 14.2. The number of halogens is 3. The van der Waals surface area contributed by atoms with E-state index in [0.29, 0.717) is 21.7 Å². The van der Waals surface area contributed by atoms with Gasteiger partial charge in [-0.1, -0.05) is 62.6 Å². The molecule has 0 unspecified atom stereocenters. The van der Waals surface area contributed by atoms with Crippen molar-refractivity contribution in [3.63, 3.8) is 0 Å². The van der Waals surface area contributed by atoms with Crippen LogP contribution in [0, 0.1) is 0 Å². The molecular formula is C33H38F3N3O5S. The van der Waals surface area contributed by atoms with Gasteiger partial charge in [0.15, 0.2) is 0 Å². The summed E-state index contributed by atoms with van der Waals surface area (Å²) in [6.07, 6.45) is 0.184. The number of nitrogens with zero attached hydrogens (tertiary/aromatic N) is 2. The first kappa shape index (κ1) is 33.8. The van der Waals surface area contributed by atoms with Crippen molar-refractivity contribution >= 4 is 27.5 Å². The third-order valence-corrected chi connectivity index (χ3v) is 9.68. The average molecular weight is 646 g/mol. The normalized spacial score (nSPS) is 14.8. The standard InChI is InChI=1S/C33H38F3N3O5S/c1-3-30(32(41)37-26-14-6-4-7-15-26)38(22-24-12-10-17-28(20-24)44-2)31(40)23-39(45(42,43)29-18-8-5-9-19-29)27-16-11-13-25(21-27)33(34,35)36/h5,8-13,16-21,26,30H,3-4,6-7,14-15,22-23H2,1-2H3,(H,37,41)/t30-/m1/s1. The Morgan fingerprint density at radius 3 is 2.29 bits per heavy atom. The molecule has 0 aromatic heterocycles. The monoisotopic (exact) mass is 645 g/mol. The SMILES string of the molecule is CC[C@H](C(=O)NC1CCCCC1)N(Cc1cccc(OC)c1)C(=O)CN(c1cccc(C(F)(F)F)c1)S(=O)(=O)c1ccccc1. The zero-order valence-corrected chi connectivity index (χ0v) is 26.1. The number of carbonyl (C=O) groups excluding carboxylic acids is 2. The second-order valence-electron chi connectivity index (χ2n) is 11.0. The van der Waals surface area contributed by atoms with E-state index < -0.39 is 40.3 Å². The van der Waals surface area contributed by atoms with E-state index in [0.717, 1.165) is 44.2 Å². The highest BCUT2D eigenvalue weighted by molar-refractivity contribution is 7.92. The minimum absolute atomic E-state index is 0.0332. The van der Waals surface area contributed by atoms with Crippen LogP contribution in [0.2, 0.25) is 0 Å². The molecule has 0 spiro atoms. The quantitative estimate of drug-likeness (QED) is 0.254. The largest absolute Gasteiger partial charge is 0.497 e. The van der Waals surface area contributed by atoms with E-state index in [1.807, 2.05) is 0 Å². The lowest BCUT2D eigenvalue weighted by Crippen LogP contribution is -2.54. The molecule has 4 rings (SSSR count). The van der Waals surface area contributed by atoms with E-state index in [1.54, 1.807) is 37.3 Å². The van der Waals surface area contributed by atoms with Gasteiger partial charge in [0.05, 0.1) is 23.3 Å². The fourth-order valence-electron chi connectivity index (χ4n) is 5.52. The van der Waals surface area contributed by atoms with Gasteiger partial charge in [-0.25, -0.2) is 8.42 Å². The molecule has 8 nitrogen and oxygen atoms in total. The summed E-state index contributed by atoms with van der Waals surface area (Å²) >= 11 is 0. The van der Waals surface area contributed by atoms with Gasteiger partial charge in [-0.2, -0.15) is 13.2 Å². The molecule has 0 bridgehead atoms. The lowest BCUT2D eigenvalue weighted by Gasteiger charge is -2.34. The Bertz CT molecular complexity index is 1560. The Morgan fingerprint density at radius 1 is 0.956 bits per heavy atom. The molecule has 12 heteroatoms. The van der Waals surface area contributed by atoms with Gasteiger partial charge in [0.2, 0.25) is 11.8 Å². The van der Waals surface area contributed by atoms with Crippen molar-refractivity contribution in [1.29, 1.82) is 0 Å². The lowest BCUT2D eigenvalue weighted by atomic mass is 9.95. The molecule has 2 amide bonds. The molecule has 0 heterocycles. The first-order valence-corrected chi connectivity index (χ1v) is 16.4. The molecule has 0 saturated heterocycles. The van der Waals surface area contributed by atoms with Gasteiger partial charge in [0, 0.05) is 12.6 Å². The highest BCUT2D eigenvalue weighted by Gasteiger charge is 2.36. The molecule has 3 aromatic carbocycles. The predicted octanol–water partition coefficient (Wildman–Crippen LogP) is 6.17. The molecule has 1 N–H and O–H groups in total. The van der Waals surface area contributed by atoms with Crippen LogP contribution in [0.5, 0.6) is 5.75 Å². The van der Waals surface area contributed by atoms with Crippen molar-refractivity contribution in [1.82, 2.24) is 10.2 Å². The number of amides is 2. The van der Waals surface area contributed by atoms with Crippen LogP contribution in [0.25, 0.3) is 0 Å². The van der Waals surface area contributed by atoms with Crippen LogP contribution in [-0.4, -0.2) is 50.9 Å². The summed E-state index contributed by atoms with van der Waals surface area (Å²) in [6, 6.07) is 16.9. The van der Waals surface area contributed by atoms with E-state index in [4.69, 9.17) is 4.74 Å². The minimum atomic E-state index is -4.74. The summed E-state index contributed by atoms with van der Waals surface area (Å²) < 4.78 is 74.9. The van der Waals surface area contributed by atoms with Crippen molar-refractivity contribution in [3.8, 4) is 5.75 Å². The summed E-state index contributed by atoms with van der Waals surface area (Å²) in [5.41, 5.74) is -0.765. The van der Waals surface area contributed by atoms with Crippen molar-refractivity contribution < 1.29 is 35.9 Å². The van der Waals surface area contributed by atoms with Crippen LogP contribution in [-0.2, 0) is 32.3 Å². The van der Waals surface area contributed by atoms with E-state index in [1.165, 1.54) is 42.3 Å². The third kappa shape index (κ3) is 8.56. The number of nitrogens with one attached hydrogen (secondary N) is 1. The van der Waals surface area contributed by atoms with Crippen molar-refractivity contribution in [3.05, 3.63) is 90.0 Å². The minimum Gasteiger partial charge on any atom is -0.497 e. The van der Waals surface area contributed by atoms with Gasteiger partial charge >= 0.3 is 6.18 Å². The van der Waals surface area contributed by atoms with E-state index >= 15 is 0 Å².